The standard InChI is InChI=1S/C15H31N/c1-3-4-5-6-7-8-9-10-13-16-14-11-12-15(16)2/h15H,3-14H2,1-2H3. The van der Waals surface area contributed by atoms with Gasteiger partial charge in [-0.2, -0.15) is 0 Å². The van der Waals surface area contributed by atoms with Gasteiger partial charge in [0.2, 0.25) is 0 Å². The van der Waals surface area contributed by atoms with Gasteiger partial charge in [0.15, 0.2) is 0 Å². The lowest BCUT2D eigenvalue weighted by Crippen LogP contribution is -2.27. The summed E-state index contributed by atoms with van der Waals surface area (Å²) in [5, 5.41) is 0. The third-order valence-corrected chi connectivity index (χ3v) is 3.99. The fourth-order valence-corrected chi connectivity index (χ4v) is 2.77. The molecule has 96 valence electrons. The maximum atomic E-state index is 2.68. The van der Waals surface area contributed by atoms with Crippen molar-refractivity contribution in [2.24, 2.45) is 0 Å². The Morgan fingerprint density at radius 3 is 2.12 bits per heavy atom. The molecule has 0 aromatic carbocycles. The lowest BCUT2D eigenvalue weighted by atomic mass is 10.1. The van der Waals surface area contributed by atoms with E-state index in [0.29, 0.717) is 0 Å². The molecule has 1 heterocycles. The predicted octanol–water partition coefficient (Wildman–Crippen LogP) is 4.61. The molecule has 1 fully saturated rings. The third kappa shape index (κ3) is 5.89. The summed E-state index contributed by atoms with van der Waals surface area (Å²) in [5.41, 5.74) is 0. The van der Waals surface area contributed by atoms with Crippen LogP contribution in [0.2, 0.25) is 0 Å². The van der Waals surface area contributed by atoms with Crippen molar-refractivity contribution in [3.05, 3.63) is 0 Å². The number of likely N-dealkylation sites (tertiary alicyclic amines) is 1. The van der Waals surface area contributed by atoms with Gasteiger partial charge in [-0.05, 0) is 39.3 Å². The molecule has 0 bridgehead atoms. The lowest BCUT2D eigenvalue weighted by Gasteiger charge is -2.20. The molecule has 1 atom stereocenters. The van der Waals surface area contributed by atoms with Crippen molar-refractivity contribution in [3.8, 4) is 0 Å². The lowest BCUT2D eigenvalue weighted by molar-refractivity contribution is 0.262. The molecule has 0 aliphatic carbocycles. The van der Waals surface area contributed by atoms with E-state index in [4.69, 9.17) is 0 Å². The van der Waals surface area contributed by atoms with E-state index >= 15 is 0 Å². The first kappa shape index (κ1) is 14.0. The van der Waals surface area contributed by atoms with E-state index in [0.717, 1.165) is 6.04 Å². The monoisotopic (exact) mass is 225 g/mol. The molecule has 1 heteroatoms. The Morgan fingerprint density at radius 2 is 1.56 bits per heavy atom. The van der Waals surface area contributed by atoms with Gasteiger partial charge in [-0.3, -0.25) is 0 Å². The molecule has 1 aliphatic rings. The van der Waals surface area contributed by atoms with Gasteiger partial charge in [0.05, 0.1) is 0 Å². The van der Waals surface area contributed by atoms with Crippen molar-refractivity contribution >= 4 is 0 Å². The zero-order valence-electron chi connectivity index (χ0n) is 11.5. The van der Waals surface area contributed by atoms with Gasteiger partial charge in [-0.15, -0.1) is 0 Å². The predicted molar refractivity (Wildman–Crippen MR) is 72.9 cm³/mol. The Labute approximate surface area is 103 Å². The SMILES string of the molecule is CCCCCCCCCCN1CCCC1C. The molecule has 1 saturated heterocycles. The molecule has 0 spiro atoms. The van der Waals surface area contributed by atoms with Crippen LogP contribution in [0, 0.1) is 0 Å². The van der Waals surface area contributed by atoms with E-state index < -0.39 is 0 Å². The van der Waals surface area contributed by atoms with Crippen LogP contribution in [0.5, 0.6) is 0 Å². The molecule has 0 N–H and O–H groups in total. The Balaban J connectivity index is 1.81. The zero-order chi connectivity index (χ0) is 11.6. The Morgan fingerprint density at radius 1 is 0.938 bits per heavy atom. The highest BCUT2D eigenvalue weighted by molar-refractivity contribution is 4.74. The first-order valence-electron chi connectivity index (χ1n) is 7.58. The minimum Gasteiger partial charge on any atom is -0.301 e. The topological polar surface area (TPSA) is 3.24 Å². The second-order valence-corrected chi connectivity index (χ2v) is 5.50. The zero-order valence-corrected chi connectivity index (χ0v) is 11.5. The van der Waals surface area contributed by atoms with Gasteiger partial charge in [0.1, 0.15) is 0 Å². The maximum absolute atomic E-state index is 2.68. The average Bonchev–Trinajstić information content (AvgIpc) is 2.68. The second-order valence-electron chi connectivity index (χ2n) is 5.50. The minimum atomic E-state index is 0.865. The van der Waals surface area contributed by atoms with Gasteiger partial charge in [0.25, 0.3) is 0 Å². The van der Waals surface area contributed by atoms with E-state index in [1.807, 2.05) is 0 Å². The first-order valence-corrected chi connectivity index (χ1v) is 7.58. The molecule has 0 amide bonds. The van der Waals surface area contributed by atoms with Crippen LogP contribution in [0.25, 0.3) is 0 Å². The fraction of sp³-hybridized carbons (Fsp3) is 1.00. The van der Waals surface area contributed by atoms with E-state index in [2.05, 4.69) is 18.7 Å². The summed E-state index contributed by atoms with van der Waals surface area (Å²) in [4.78, 5) is 2.68. The van der Waals surface area contributed by atoms with Crippen molar-refractivity contribution in [1.29, 1.82) is 0 Å². The Kier molecular flexibility index (Phi) is 7.92. The summed E-state index contributed by atoms with van der Waals surface area (Å²) in [5.74, 6) is 0. The quantitative estimate of drug-likeness (QED) is 0.518. The first-order chi connectivity index (χ1) is 7.84. The smallest absolute Gasteiger partial charge is 0.00674 e. The molecule has 1 rings (SSSR count). The van der Waals surface area contributed by atoms with E-state index in [1.54, 1.807) is 0 Å². The van der Waals surface area contributed by atoms with Crippen LogP contribution in [0.3, 0.4) is 0 Å². The van der Waals surface area contributed by atoms with Crippen molar-refractivity contribution < 1.29 is 0 Å². The van der Waals surface area contributed by atoms with Gasteiger partial charge in [0, 0.05) is 6.04 Å². The van der Waals surface area contributed by atoms with Crippen molar-refractivity contribution in [1.82, 2.24) is 4.90 Å². The number of hydrogen-bond donors (Lipinski definition) is 0. The van der Waals surface area contributed by atoms with Crippen LogP contribution >= 0.6 is 0 Å². The summed E-state index contributed by atoms with van der Waals surface area (Å²) in [7, 11) is 0. The van der Waals surface area contributed by atoms with Gasteiger partial charge < -0.3 is 4.90 Å². The summed E-state index contributed by atoms with van der Waals surface area (Å²) in [6, 6.07) is 0.865. The Hall–Kier alpha value is -0.0400. The Bertz CT molecular complexity index is 156. The van der Waals surface area contributed by atoms with Crippen LogP contribution in [0.1, 0.15) is 78.1 Å². The molecule has 0 radical (unpaired) electrons. The molecule has 1 nitrogen and oxygen atoms in total. The molecule has 0 saturated carbocycles. The number of unbranched alkanes of at least 4 members (excludes halogenated alkanes) is 7. The molecule has 0 aromatic rings. The summed E-state index contributed by atoms with van der Waals surface area (Å²) in [6.45, 7) is 7.39. The van der Waals surface area contributed by atoms with Crippen LogP contribution < -0.4 is 0 Å². The van der Waals surface area contributed by atoms with E-state index in [-0.39, 0.29) is 0 Å². The van der Waals surface area contributed by atoms with Crippen molar-refractivity contribution in [3.63, 3.8) is 0 Å². The van der Waals surface area contributed by atoms with Crippen LogP contribution in [0.15, 0.2) is 0 Å². The molecule has 1 aliphatic heterocycles. The summed E-state index contributed by atoms with van der Waals surface area (Å²) >= 11 is 0. The fourth-order valence-electron chi connectivity index (χ4n) is 2.77. The molecular weight excluding hydrogens is 194 g/mol. The summed E-state index contributed by atoms with van der Waals surface area (Å²) in [6.07, 6.45) is 14.4. The highest BCUT2D eigenvalue weighted by Crippen LogP contribution is 2.17. The largest absolute Gasteiger partial charge is 0.301 e. The van der Waals surface area contributed by atoms with Crippen molar-refractivity contribution in [2.75, 3.05) is 13.1 Å². The van der Waals surface area contributed by atoms with Gasteiger partial charge >= 0.3 is 0 Å². The normalized spacial score (nSPS) is 21.8. The number of rotatable bonds is 9. The minimum absolute atomic E-state index is 0.865. The van der Waals surface area contributed by atoms with Crippen LogP contribution in [0.4, 0.5) is 0 Å². The average molecular weight is 225 g/mol. The van der Waals surface area contributed by atoms with Crippen LogP contribution in [-0.4, -0.2) is 24.0 Å². The van der Waals surface area contributed by atoms with Crippen LogP contribution in [-0.2, 0) is 0 Å². The summed E-state index contributed by atoms with van der Waals surface area (Å²) < 4.78 is 0. The molecule has 0 aromatic heterocycles. The molecule has 1 unspecified atom stereocenters. The van der Waals surface area contributed by atoms with Crippen molar-refractivity contribution in [2.45, 2.75) is 84.1 Å². The highest BCUT2D eigenvalue weighted by atomic mass is 15.2. The third-order valence-electron chi connectivity index (χ3n) is 3.99. The highest BCUT2D eigenvalue weighted by Gasteiger charge is 2.18. The number of nitrogens with zero attached hydrogens (tertiary/aromatic N) is 1. The van der Waals surface area contributed by atoms with E-state index in [1.165, 1.54) is 77.3 Å². The maximum Gasteiger partial charge on any atom is 0.00674 e. The molecule has 16 heavy (non-hydrogen) atoms. The van der Waals surface area contributed by atoms with E-state index in [9.17, 15) is 0 Å². The second kappa shape index (κ2) is 9.04. The van der Waals surface area contributed by atoms with Gasteiger partial charge in [-0.1, -0.05) is 51.9 Å². The molecular formula is C15H31N. The van der Waals surface area contributed by atoms with Gasteiger partial charge in [-0.25, -0.2) is 0 Å². The number of hydrogen-bond acceptors (Lipinski definition) is 1.